The highest BCUT2D eigenvalue weighted by Gasteiger charge is 2.29. The summed E-state index contributed by atoms with van der Waals surface area (Å²) in [6.07, 6.45) is 6.29. The number of nitrogens with zero attached hydrogens (tertiary/aromatic N) is 1. The molecule has 3 rings (SSSR count). The van der Waals surface area contributed by atoms with Crippen LogP contribution >= 0.6 is 11.6 Å². The van der Waals surface area contributed by atoms with Gasteiger partial charge in [-0.2, -0.15) is 4.31 Å². The van der Waals surface area contributed by atoms with Crippen LogP contribution in [-0.2, 0) is 14.8 Å². The number of sulfonamides is 1. The summed E-state index contributed by atoms with van der Waals surface area (Å²) in [4.78, 5) is 13.8. The van der Waals surface area contributed by atoms with E-state index in [2.05, 4.69) is 12.2 Å². The number of anilines is 1. The van der Waals surface area contributed by atoms with E-state index >= 15 is 0 Å². The minimum atomic E-state index is -3.64. The fourth-order valence-electron chi connectivity index (χ4n) is 3.95. The third-order valence-electron chi connectivity index (χ3n) is 5.62. The van der Waals surface area contributed by atoms with Gasteiger partial charge in [-0.15, -0.1) is 0 Å². The fourth-order valence-corrected chi connectivity index (χ4v) is 5.97. The van der Waals surface area contributed by atoms with E-state index < -0.39 is 10.0 Å². The van der Waals surface area contributed by atoms with Crippen molar-refractivity contribution in [2.24, 2.45) is 0 Å². The van der Waals surface area contributed by atoms with Crippen molar-refractivity contribution in [2.45, 2.75) is 56.4 Å². The zero-order chi connectivity index (χ0) is 19.4. The van der Waals surface area contributed by atoms with Gasteiger partial charge in [-0.3, -0.25) is 4.79 Å². The van der Waals surface area contributed by atoms with Crippen molar-refractivity contribution in [2.75, 3.05) is 31.5 Å². The molecular formula is C19H29ClN3O3S+. The first-order chi connectivity index (χ1) is 12.9. The molecule has 1 unspecified atom stereocenters. The average Bonchev–Trinajstić information content (AvgIpc) is 2.66. The third kappa shape index (κ3) is 5.02. The number of piperidine rings is 2. The Morgan fingerprint density at radius 1 is 1.22 bits per heavy atom. The molecule has 2 heterocycles. The molecule has 2 fully saturated rings. The zero-order valence-electron chi connectivity index (χ0n) is 15.8. The maximum atomic E-state index is 12.9. The number of likely N-dealkylation sites (tertiary alicyclic amines) is 1. The molecule has 6 nitrogen and oxygen atoms in total. The first-order valence-electron chi connectivity index (χ1n) is 9.82. The average molecular weight is 415 g/mol. The molecular weight excluding hydrogens is 386 g/mol. The molecule has 2 N–H and O–H groups in total. The second-order valence-electron chi connectivity index (χ2n) is 7.64. The summed E-state index contributed by atoms with van der Waals surface area (Å²) < 4.78 is 27.4. The van der Waals surface area contributed by atoms with Gasteiger partial charge < -0.3 is 10.2 Å². The van der Waals surface area contributed by atoms with Crippen molar-refractivity contribution in [3.63, 3.8) is 0 Å². The van der Waals surface area contributed by atoms with E-state index in [0.29, 0.717) is 31.4 Å². The van der Waals surface area contributed by atoms with Crippen LogP contribution < -0.4 is 10.2 Å². The summed E-state index contributed by atoms with van der Waals surface area (Å²) in [6, 6.07) is 5.17. The standard InChI is InChI=1S/C19H28ClN3O3S/c1-15-7-3-6-10-22(15)14-19(24)21-16-8-9-17(20)18(13-16)27(25,26)23-11-4-2-5-12-23/h8-9,13,15H,2-7,10-12,14H2,1H3,(H,21,24)/p+1/t15-/m0/s1. The summed E-state index contributed by atoms with van der Waals surface area (Å²) in [7, 11) is -3.64. The number of amides is 1. The number of carbonyl (C=O) groups is 1. The zero-order valence-corrected chi connectivity index (χ0v) is 17.4. The molecule has 150 valence electrons. The van der Waals surface area contributed by atoms with Crippen LogP contribution in [0.4, 0.5) is 5.69 Å². The van der Waals surface area contributed by atoms with Gasteiger partial charge in [0.2, 0.25) is 10.0 Å². The molecule has 1 amide bonds. The van der Waals surface area contributed by atoms with E-state index in [0.717, 1.165) is 38.6 Å². The summed E-state index contributed by atoms with van der Waals surface area (Å²) in [5, 5.41) is 3.04. The minimum absolute atomic E-state index is 0.0718. The van der Waals surface area contributed by atoms with E-state index in [9.17, 15) is 13.2 Å². The van der Waals surface area contributed by atoms with Crippen molar-refractivity contribution in [1.82, 2.24) is 4.31 Å². The number of hydrogen-bond donors (Lipinski definition) is 2. The van der Waals surface area contributed by atoms with Gasteiger partial charge in [-0.25, -0.2) is 8.42 Å². The predicted octanol–water partition coefficient (Wildman–Crippen LogP) is 1.91. The van der Waals surface area contributed by atoms with Crippen LogP contribution in [0.2, 0.25) is 5.02 Å². The Kier molecular flexibility index (Phi) is 6.78. The molecule has 2 aliphatic heterocycles. The summed E-state index contributed by atoms with van der Waals surface area (Å²) in [5.41, 5.74) is 0.476. The molecule has 1 aromatic carbocycles. The van der Waals surface area contributed by atoms with Crippen LogP contribution in [0, 0.1) is 0 Å². The SMILES string of the molecule is C[C@H]1CCCC[NH+]1CC(=O)Nc1ccc(Cl)c(S(=O)(=O)N2CCCCC2)c1. The Bertz CT molecular complexity index is 778. The molecule has 0 bridgehead atoms. The highest BCUT2D eigenvalue weighted by atomic mass is 35.5. The Morgan fingerprint density at radius 2 is 1.96 bits per heavy atom. The van der Waals surface area contributed by atoms with Crippen molar-refractivity contribution in [3.8, 4) is 0 Å². The van der Waals surface area contributed by atoms with Crippen LogP contribution in [0.25, 0.3) is 0 Å². The molecule has 0 aromatic heterocycles. The summed E-state index contributed by atoms with van der Waals surface area (Å²) >= 11 is 6.19. The van der Waals surface area contributed by atoms with Crippen molar-refractivity contribution in [1.29, 1.82) is 0 Å². The van der Waals surface area contributed by atoms with Crippen molar-refractivity contribution >= 4 is 33.2 Å². The van der Waals surface area contributed by atoms with Crippen molar-refractivity contribution < 1.29 is 18.1 Å². The molecule has 1 aromatic rings. The number of carbonyl (C=O) groups excluding carboxylic acids is 1. The Morgan fingerprint density at radius 3 is 2.67 bits per heavy atom. The normalized spacial score (nSPS) is 24.5. The van der Waals surface area contributed by atoms with Crippen LogP contribution in [0.5, 0.6) is 0 Å². The molecule has 2 saturated heterocycles. The van der Waals surface area contributed by atoms with Crippen LogP contribution in [0.1, 0.15) is 45.4 Å². The molecule has 2 aliphatic rings. The predicted molar refractivity (Wildman–Crippen MR) is 107 cm³/mol. The summed E-state index contributed by atoms with van der Waals surface area (Å²) in [5.74, 6) is -0.0950. The number of rotatable bonds is 5. The van der Waals surface area contributed by atoms with E-state index in [4.69, 9.17) is 11.6 Å². The number of quaternary nitrogens is 1. The number of nitrogens with one attached hydrogen (secondary N) is 2. The highest BCUT2D eigenvalue weighted by Crippen LogP contribution is 2.29. The second kappa shape index (κ2) is 8.90. The second-order valence-corrected chi connectivity index (χ2v) is 9.95. The van der Waals surface area contributed by atoms with Gasteiger partial charge in [0.15, 0.2) is 6.54 Å². The van der Waals surface area contributed by atoms with E-state index in [1.165, 1.54) is 21.7 Å². The highest BCUT2D eigenvalue weighted by molar-refractivity contribution is 7.89. The lowest BCUT2D eigenvalue weighted by Crippen LogP contribution is -3.17. The first-order valence-corrected chi connectivity index (χ1v) is 11.6. The van der Waals surface area contributed by atoms with E-state index in [1.807, 2.05) is 0 Å². The topological polar surface area (TPSA) is 70.9 Å². The van der Waals surface area contributed by atoms with Gasteiger partial charge in [0, 0.05) is 18.8 Å². The van der Waals surface area contributed by atoms with Crippen LogP contribution in [-0.4, -0.2) is 50.9 Å². The van der Waals surface area contributed by atoms with Gasteiger partial charge >= 0.3 is 0 Å². The molecule has 0 spiro atoms. The Labute approximate surface area is 166 Å². The smallest absolute Gasteiger partial charge is 0.279 e. The van der Waals surface area contributed by atoms with Crippen LogP contribution in [0.3, 0.4) is 0 Å². The first kappa shape index (κ1) is 20.6. The van der Waals surface area contributed by atoms with E-state index in [-0.39, 0.29) is 15.8 Å². The van der Waals surface area contributed by atoms with Gasteiger partial charge in [0.1, 0.15) is 4.90 Å². The van der Waals surface area contributed by atoms with Crippen LogP contribution in [0.15, 0.2) is 23.1 Å². The lowest BCUT2D eigenvalue weighted by atomic mass is 10.0. The third-order valence-corrected chi connectivity index (χ3v) is 8.00. The monoisotopic (exact) mass is 414 g/mol. The Balaban J connectivity index is 1.72. The lowest BCUT2D eigenvalue weighted by molar-refractivity contribution is -0.920. The number of hydrogen-bond acceptors (Lipinski definition) is 3. The molecule has 2 atom stereocenters. The molecule has 0 radical (unpaired) electrons. The Hall–Kier alpha value is -1.15. The lowest BCUT2D eigenvalue weighted by Gasteiger charge is -2.29. The quantitative estimate of drug-likeness (QED) is 0.773. The van der Waals surface area contributed by atoms with Gasteiger partial charge in [-0.1, -0.05) is 18.0 Å². The van der Waals surface area contributed by atoms with Gasteiger partial charge in [0.25, 0.3) is 5.91 Å². The van der Waals surface area contributed by atoms with Crippen molar-refractivity contribution in [3.05, 3.63) is 23.2 Å². The maximum Gasteiger partial charge on any atom is 0.279 e. The molecule has 27 heavy (non-hydrogen) atoms. The number of halogens is 1. The fraction of sp³-hybridized carbons (Fsp3) is 0.632. The largest absolute Gasteiger partial charge is 0.325 e. The minimum Gasteiger partial charge on any atom is -0.325 e. The maximum absolute atomic E-state index is 12.9. The molecule has 8 heteroatoms. The van der Waals surface area contributed by atoms with Gasteiger partial charge in [0.05, 0.1) is 17.6 Å². The molecule has 0 aliphatic carbocycles. The van der Waals surface area contributed by atoms with Gasteiger partial charge in [-0.05, 0) is 57.2 Å². The van der Waals surface area contributed by atoms with E-state index in [1.54, 1.807) is 12.1 Å². The molecule has 0 saturated carbocycles. The number of benzene rings is 1. The summed E-state index contributed by atoms with van der Waals surface area (Å²) in [6.45, 7) is 4.62.